The molecule has 2 aliphatic rings. The number of hydrogen-bond acceptors (Lipinski definition) is 3. The Balaban J connectivity index is 1.75. The Morgan fingerprint density at radius 1 is 1.24 bits per heavy atom. The number of fused-ring (bicyclic) bond motifs is 1. The van der Waals surface area contributed by atoms with Gasteiger partial charge in [-0.25, -0.2) is 0 Å². The van der Waals surface area contributed by atoms with Crippen molar-refractivity contribution in [3.8, 4) is 5.75 Å². The largest absolute Gasteiger partial charge is 0.490 e. The smallest absolute Gasteiger partial charge is 0.236 e. The molecule has 0 atom stereocenters. The van der Waals surface area contributed by atoms with E-state index in [1.807, 2.05) is 36.9 Å². The third-order valence-electron chi connectivity index (χ3n) is 6.08. The molecule has 1 aliphatic carbocycles. The topological polar surface area (TPSA) is 58.6 Å². The van der Waals surface area contributed by atoms with Crippen LogP contribution in [0.2, 0.25) is 0 Å². The molecule has 0 bridgehead atoms. The van der Waals surface area contributed by atoms with Crippen LogP contribution in [-0.2, 0) is 9.59 Å². The van der Waals surface area contributed by atoms with Crippen molar-refractivity contribution in [1.82, 2.24) is 0 Å². The maximum atomic E-state index is 13.1. The first-order valence-electron chi connectivity index (χ1n) is 11.1. The van der Waals surface area contributed by atoms with Crippen LogP contribution in [0, 0.1) is 17.3 Å². The van der Waals surface area contributed by atoms with Gasteiger partial charge in [0, 0.05) is 24.7 Å². The van der Waals surface area contributed by atoms with E-state index in [1.165, 1.54) is 19.3 Å². The van der Waals surface area contributed by atoms with Crippen molar-refractivity contribution in [1.29, 1.82) is 0 Å². The summed E-state index contributed by atoms with van der Waals surface area (Å²) in [6.45, 7) is 9.18. The Morgan fingerprint density at radius 3 is 2.66 bits per heavy atom. The molecule has 0 aromatic heterocycles. The monoisotopic (exact) mass is 400 g/mol. The zero-order chi connectivity index (χ0) is 21.0. The minimum Gasteiger partial charge on any atom is -0.490 e. The third-order valence-corrected chi connectivity index (χ3v) is 6.08. The van der Waals surface area contributed by atoms with Gasteiger partial charge in [0.15, 0.2) is 0 Å². The average Bonchev–Trinajstić information content (AvgIpc) is 2.76. The predicted molar refractivity (Wildman–Crippen MR) is 117 cm³/mol. The van der Waals surface area contributed by atoms with E-state index in [0.29, 0.717) is 37.2 Å². The van der Waals surface area contributed by atoms with E-state index in [4.69, 9.17) is 4.74 Å². The summed E-state index contributed by atoms with van der Waals surface area (Å²) in [7, 11) is 0. The molecule has 29 heavy (non-hydrogen) atoms. The van der Waals surface area contributed by atoms with Crippen molar-refractivity contribution >= 4 is 23.2 Å². The summed E-state index contributed by atoms with van der Waals surface area (Å²) in [6, 6.07) is 5.66. The van der Waals surface area contributed by atoms with Gasteiger partial charge in [0.1, 0.15) is 12.4 Å². The van der Waals surface area contributed by atoms with Gasteiger partial charge in [-0.3, -0.25) is 9.59 Å². The summed E-state index contributed by atoms with van der Waals surface area (Å²) in [6.07, 6.45) is 7.60. The predicted octanol–water partition coefficient (Wildman–Crippen LogP) is 5.39. The number of nitrogens with zero attached hydrogens (tertiary/aromatic N) is 1. The number of carbonyl (C=O) groups excluding carboxylic acids is 2. The van der Waals surface area contributed by atoms with Gasteiger partial charge >= 0.3 is 0 Å². The molecule has 1 saturated carbocycles. The van der Waals surface area contributed by atoms with Gasteiger partial charge in [-0.1, -0.05) is 33.1 Å². The van der Waals surface area contributed by atoms with Crippen LogP contribution in [0.5, 0.6) is 5.75 Å². The Labute approximate surface area is 175 Å². The molecule has 5 nitrogen and oxygen atoms in total. The minimum atomic E-state index is -0.583. The van der Waals surface area contributed by atoms with Gasteiger partial charge in [-0.15, -0.1) is 0 Å². The molecule has 1 aromatic rings. The number of anilines is 2. The van der Waals surface area contributed by atoms with Crippen LogP contribution in [-0.4, -0.2) is 25.0 Å². The van der Waals surface area contributed by atoms with Gasteiger partial charge in [0.25, 0.3) is 0 Å². The lowest BCUT2D eigenvalue weighted by Gasteiger charge is -2.28. The molecule has 0 spiro atoms. The van der Waals surface area contributed by atoms with Crippen molar-refractivity contribution in [3.05, 3.63) is 18.2 Å². The summed E-state index contributed by atoms with van der Waals surface area (Å²) < 4.78 is 6.03. The molecule has 1 aliphatic heterocycles. The van der Waals surface area contributed by atoms with Crippen molar-refractivity contribution < 1.29 is 14.3 Å². The van der Waals surface area contributed by atoms with E-state index in [9.17, 15) is 9.59 Å². The second-order valence-electron chi connectivity index (χ2n) is 9.75. The highest BCUT2D eigenvalue weighted by Crippen LogP contribution is 2.38. The van der Waals surface area contributed by atoms with E-state index in [1.54, 1.807) is 0 Å². The van der Waals surface area contributed by atoms with Crippen LogP contribution < -0.4 is 15.0 Å². The average molecular weight is 401 g/mol. The van der Waals surface area contributed by atoms with Crippen LogP contribution >= 0.6 is 0 Å². The molecule has 1 aromatic carbocycles. The van der Waals surface area contributed by atoms with Gasteiger partial charge in [-0.2, -0.15) is 0 Å². The van der Waals surface area contributed by atoms with Crippen LogP contribution in [0.4, 0.5) is 11.4 Å². The number of nitrogens with one attached hydrogen (secondary N) is 1. The Bertz CT molecular complexity index is 736. The van der Waals surface area contributed by atoms with Crippen LogP contribution in [0.1, 0.15) is 72.6 Å². The number of carbonyl (C=O) groups is 2. The Hall–Kier alpha value is -2.04. The summed E-state index contributed by atoms with van der Waals surface area (Å²) in [5.41, 5.74) is 0.951. The maximum absolute atomic E-state index is 13.1. The number of rotatable bonds is 6. The highest BCUT2D eigenvalue weighted by molar-refractivity contribution is 6.00. The molecule has 160 valence electrons. The molecule has 0 unspecified atom stereocenters. The van der Waals surface area contributed by atoms with E-state index in [0.717, 1.165) is 30.6 Å². The van der Waals surface area contributed by atoms with E-state index in [-0.39, 0.29) is 11.8 Å². The first-order chi connectivity index (χ1) is 13.8. The number of hydrogen-bond donors (Lipinski definition) is 1. The number of amides is 2. The maximum Gasteiger partial charge on any atom is 0.236 e. The van der Waals surface area contributed by atoms with Gasteiger partial charge in [-0.05, 0) is 57.1 Å². The van der Waals surface area contributed by atoms with Crippen molar-refractivity contribution in [3.63, 3.8) is 0 Å². The normalized spacial score (nSPS) is 19.5. The molecule has 1 heterocycles. The quantitative estimate of drug-likeness (QED) is 0.696. The van der Waals surface area contributed by atoms with E-state index < -0.39 is 5.41 Å². The second kappa shape index (κ2) is 9.19. The lowest BCUT2D eigenvalue weighted by Crippen LogP contribution is -2.42. The molecular formula is C24H36N2O3. The second-order valence-corrected chi connectivity index (χ2v) is 9.75. The molecule has 1 N–H and O–H groups in total. The highest BCUT2D eigenvalue weighted by atomic mass is 16.5. The van der Waals surface area contributed by atoms with E-state index in [2.05, 4.69) is 19.2 Å². The molecule has 2 amide bonds. The van der Waals surface area contributed by atoms with E-state index >= 15 is 0 Å². The van der Waals surface area contributed by atoms with Gasteiger partial charge < -0.3 is 15.0 Å². The molecule has 3 rings (SSSR count). The van der Waals surface area contributed by atoms with Crippen LogP contribution in [0.3, 0.4) is 0 Å². The van der Waals surface area contributed by atoms with Crippen molar-refractivity contribution in [2.75, 3.05) is 23.4 Å². The summed E-state index contributed by atoms with van der Waals surface area (Å²) >= 11 is 0. The first kappa shape index (κ1) is 21.7. The Kier molecular flexibility index (Phi) is 6.86. The SMILES string of the molecule is CC(C)CCN1C(=O)C(C)(C)COc2cc(NC(=O)CC3CCCCC3)ccc21. The lowest BCUT2D eigenvalue weighted by molar-refractivity contribution is -0.127. The fourth-order valence-corrected chi connectivity index (χ4v) is 4.20. The molecule has 1 fully saturated rings. The standard InChI is InChI=1S/C24H36N2O3/c1-17(2)12-13-26-20-11-10-19(15-21(20)29-16-24(3,4)23(26)28)25-22(27)14-18-8-6-5-7-9-18/h10-11,15,17-18H,5-9,12-14,16H2,1-4H3,(H,25,27). The Morgan fingerprint density at radius 2 is 1.97 bits per heavy atom. The third kappa shape index (κ3) is 5.52. The highest BCUT2D eigenvalue weighted by Gasteiger charge is 2.37. The van der Waals surface area contributed by atoms with Crippen LogP contribution in [0.15, 0.2) is 18.2 Å². The molecular weight excluding hydrogens is 364 g/mol. The zero-order valence-electron chi connectivity index (χ0n) is 18.4. The summed E-state index contributed by atoms with van der Waals surface area (Å²) in [5, 5.41) is 3.03. The molecule has 0 radical (unpaired) electrons. The summed E-state index contributed by atoms with van der Waals surface area (Å²) in [5.74, 6) is 1.84. The van der Waals surface area contributed by atoms with Crippen molar-refractivity contribution in [2.45, 2.75) is 72.6 Å². The molecule has 0 saturated heterocycles. The first-order valence-corrected chi connectivity index (χ1v) is 11.1. The molecule has 5 heteroatoms. The van der Waals surface area contributed by atoms with Gasteiger partial charge in [0.05, 0.1) is 11.1 Å². The fourth-order valence-electron chi connectivity index (χ4n) is 4.20. The summed E-state index contributed by atoms with van der Waals surface area (Å²) in [4.78, 5) is 27.5. The lowest BCUT2D eigenvalue weighted by atomic mass is 9.87. The fraction of sp³-hybridized carbons (Fsp3) is 0.667. The van der Waals surface area contributed by atoms with Gasteiger partial charge in [0.2, 0.25) is 11.8 Å². The van der Waals surface area contributed by atoms with Crippen molar-refractivity contribution in [2.24, 2.45) is 17.3 Å². The zero-order valence-corrected chi connectivity index (χ0v) is 18.4. The number of benzene rings is 1. The minimum absolute atomic E-state index is 0.0681. The number of ether oxygens (including phenoxy) is 1. The van der Waals surface area contributed by atoms with Crippen LogP contribution in [0.25, 0.3) is 0 Å².